The Labute approximate surface area is 172 Å². The van der Waals surface area contributed by atoms with Crippen molar-refractivity contribution >= 4 is 11.8 Å². The number of hydrazine groups is 1. The summed E-state index contributed by atoms with van der Waals surface area (Å²) >= 11 is 0. The molecule has 1 aromatic heterocycles. The van der Waals surface area contributed by atoms with E-state index in [0.717, 1.165) is 38.9 Å². The highest BCUT2D eigenvalue weighted by atomic mass is 16.2. The van der Waals surface area contributed by atoms with Crippen LogP contribution in [0.5, 0.6) is 0 Å². The van der Waals surface area contributed by atoms with Crippen LogP contribution in [0.3, 0.4) is 0 Å². The standard InChI is InChI=1S/C22H30N6O/c23-20-14-18(7-11-24-20)19-15-26-27-21(19)17-8-12-28(13-9-17)22(29)25-10-6-16-4-2-1-3-5-16/h1-5,7,11,14,17,19,21,26-27H,6,8-10,12-13,15H2,(H2,23,24)(H,25,29). The van der Waals surface area contributed by atoms with Gasteiger partial charge in [0.2, 0.25) is 0 Å². The zero-order valence-electron chi connectivity index (χ0n) is 16.7. The van der Waals surface area contributed by atoms with E-state index in [0.29, 0.717) is 30.2 Å². The van der Waals surface area contributed by atoms with Gasteiger partial charge < -0.3 is 16.0 Å². The molecule has 0 aliphatic carbocycles. The quantitative estimate of drug-likeness (QED) is 0.621. The number of carbonyl (C=O) groups excluding carboxylic acids is 1. The number of nitrogens with one attached hydrogen (secondary N) is 3. The normalized spacial score (nSPS) is 22.6. The summed E-state index contributed by atoms with van der Waals surface area (Å²) in [6.07, 6.45) is 4.64. The van der Waals surface area contributed by atoms with Crippen LogP contribution in [0.2, 0.25) is 0 Å². The van der Waals surface area contributed by atoms with Gasteiger partial charge in [-0.15, -0.1) is 0 Å². The van der Waals surface area contributed by atoms with Crippen LogP contribution in [0.15, 0.2) is 48.7 Å². The van der Waals surface area contributed by atoms with Crippen LogP contribution in [0.1, 0.15) is 29.9 Å². The summed E-state index contributed by atoms with van der Waals surface area (Å²) < 4.78 is 0. The molecule has 7 heteroatoms. The van der Waals surface area contributed by atoms with Gasteiger partial charge in [-0.1, -0.05) is 30.3 Å². The fourth-order valence-electron chi connectivity index (χ4n) is 4.51. The number of aromatic nitrogens is 1. The van der Waals surface area contributed by atoms with Gasteiger partial charge >= 0.3 is 6.03 Å². The number of nitrogens with zero attached hydrogens (tertiary/aromatic N) is 2. The number of hydrogen-bond acceptors (Lipinski definition) is 5. The predicted molar refractivity (Wildman–Crippen MR) is 114 cm³/mol. The van der Waals surface area contributed by atoms with E-state index in [1.807, 2.05) is 29.2 Å². The number of nitrogens with two attached hydrogens (primary N) is 1. The summed E-state index contributed by atoms with van der Waals surface area (Å²) in [6, 6.07) is 14.7. The lowest BCUT2D eigenvalue weighted by Gasteiger charge is -2.36. The van der Waals surface area contributed by atoms with E-state index in [4.69, 9.17) is 5.73 Å². The Morgan fingerprint density at radius 3 is 2.76 bits per heavy atom. The first-order valence-corrected chi connectivity index (χ1v) is 10.5. The highest BCUT2D eigenvalue weighted by Gasteiger charge is 2.36. The van der Waals surface area contributed by atoms with Crippen LogP contribution < -0.4 is 21.9 Å². The van der Waals surface area contributed by atoms with E-state index < -0.39 is 0 Å². The third-order valence-electron chi connectivity index (χ3n) is 6.12. The Bertz CT molecular complexity index is 806. The van der Waals surface area contributed by atoms with Crippen LogP contribution in [-0.2, 0) is 6.42 Å². The van der Waals surface area contributed by atoms with Crippen LogP contribution >= 0.6 is 0 Å². The van der Waals surface area contributed by atoms with Crippen molar-refractivity contribution in [2.45, 2.75) is 31.2 Å². The predicted octanol–water partition coefficient (Wildman–Crippen LogP) is 1.89. The zero-order chi connectivity index (χ0) is 20.1. The van der Waals surface area contributed by atoms with Crippen LogP contribution in [0.4, 0.5) is 10.6 Å². The van der Waals surface area contributed by atoms with Gasteiger partial charge in [0.15, 0.2) is 0 Å². The Kier molecular flexibility index (Phi) is 6.27. The highest BCUT2D eigenvalue weighted by Crippen LogP contribution is 2.32. The minimum atomic E-state index is 0.0512. The first-order chi connectivity index (χ1) is 14.2. The van der Waals surface area contributed by atoms with Crippen molar-refractivity contribution in [3.05, 3.63) is 59.8 Å². The molecule has 1 aromatic carbocycles. The topological polar surface area (TPSA) is 95.3 Å². The molecular formula is C22H30N6O. The molecule has 5 N–H and O–H groups in total. The Morgan fingerprint density at radius 1 is 1.21 bits per heavy atom. The van der Waals surface area contributed by atoms with Gasteiger partial charge in [0.25, 0.3) is 0 Å². The molecule has 154 valence electrons. The molecule has 0 spiro atoms. The van der Waals surface area contributed by atoms with E-state index in [1.54, 1.807) is 6.20 Å². The molecule has 2 aliphatic rings. The Balaban J connectivity index is 1.26. The summed E-state index contributed by atoms with van der Waals surface area (Å²) in [7, 11) is 0. The van der Waals surface area contributed by atoms with Crippen molar-refractivity contribution in [2.75, 3.05) is 31.9 Å². The third kappa shape index (κ3) is 4.86. The number of nitrogen functional groups attached to an aromatic ring is 1. The molecule has 7 nitrogen and oxygen atoms in total. The number of anilines is 1. The molecule has 2 unspecified atom stereocenters. The molecule has 2 fully saturated rings. The molecule has 2 aliphatic heterocycles. The van der Waals surface area contributed by atoms with Gasteiger partial charge in [0.1, 0.15) is 5.82 Å². The molecule has 4 rings (SSSR count). The summed E-state index contributed by atoms with van der Waals surface area (Å²) in [4.78, 5) is 18.6. The Hall–Kier alpha value is -2.64. The maximum absolute atomic E-state index is 12.5. The monoisotopic (exact) mass is 394 g/mol. The van der Waals surface area contributed by atoms with Crippen LogP contribution in [-0.4, -0.2) is 48.1 Å². The lowest BCUT2D eigenvalue weighted by molar-refractivity contribution is 0.157. The minimum Gasteiger partial charge on any atom is -0.384 e. The van der Waals surface area contributed by atoms with Crippen LogP contribution in [0, 0.1) is 5.92 Å². The van der Waals surface area contributed by atoms with E-state index in [1.165, 1.54) is 11.1 Å². The van der Waals surface area contributed by atoms with Crippen molar-refractivity contribution in [1.82, 2.24) is 26.1 Å². The minimum absolute atomic E-state index is 0.0512. The average Bonchev–Trinajstić information content (AvgIpc) is 3.24. The molecule has 0 bridgehead atoms. The van der Waals surface area contributed by atoms with Crippen molar-refractivity contribution in [1.29, 1.82) is 0 Å². The molecule has 0 radical (unpaired) electrons. The number of benzene rings is 1. The summed E-state index contributed by atoms with van der Waals surface area (Å²) in [5, 5.41) is 3.06. The first kappa shape index (κ1) is 19.7. The third-order valence-corrected chi connectivity index (χ3v) is 6.12. The second-order valence-electron chi connectivity index (χ2n) is 7.96. The number of amides is 2. The maximum atomic E-state index is 12.5. The largest absolute Gasteiger partial charge is 0.384 e. The van der Waals surface area contributed by atoms with Gasteiger partial charge in [0.05, 0.1) is 0 Å². The van der Waals surface area contributed by atoms with Crippen LogP contribution in [0.25, 0.3) is 0 Å². The van der Waals surface area contributed by atoms with Gasteiger partial charge in [-0.3, -0.25) is 10.9 Å². The number of likely N-dealkylation sites (tertiary alicyclic amines) is 1. The van der Waals surface area contributed by atoms with Gasteiger partial charge in [-0.2, -0.15) is 0 Å². The lowest BCUT2D eigenvalue weighted by Crippen LogP contribution is -2.48. The second-order valence-corrected chi connectivity index (χ2v) is 7.96. The fraction of sp³-hybridized carbons (Fsp3) is 0.455. The Morgan fingerprint density at radius 2 is 2.00 bits per heavy atom. The molecular weight excluding hydrogens is 364 g/mol. The maximum Gasteiger partial charge on any atom is 0.317 e. The molecule has 2 saturated heterocycles. The average molecular weight is 395 g/mol. The molecule has 2 aromatic rings. The summed E-state index contributed by atoms with van der Waals surface area (Å²) in [6.45, 7) is 3.15. The SMILES string of the molecule is Nc1cc(C2CNNC2C2CCN(C(=O)NCCc3ccccc3)CC2)ccn1. The number of piperidine rings is 1. The molecule has 2 atom stereocenters. The second kappa shape index (κ2) is 9.24. The van der Waals surface area contributed by atoms with Crippen molar-refractivity contribution in [3.8, 4) is 0 Å². The fourth-order valence-corrected chi connectivity index (χ4v) is 4.51. The number of carbonyl (C=O) groups is 1. The number of rotatable bonds is 5. The van der Waals surface area contributed by atoms with Gasteiger partial charge in [-0.25, -0.2) is 9.78 Å². The first-order valence-electron chi connectivity index (χ1n) is 10.5. The highest BCUT2D eigenvalue weighted by molar-refractivity contribution is 5.74. The molecule has 0 saturated carbocycles. The van der Waals surface area contributed by atoms with E-state index in [-0.39, 0.29) is 6.03 Å². The molecule has 3 heterocycles. The van der Waals surface area contributed by atoms with E-state index in [9.17, 15) is 4.79 Å². The smallest absolute Gasteiger partial charge is 0.317 e. The zero-order valence-corrected chi connectivity index (χ0v) is 16.7. The lowest BCUT2D eigenvalue weighted by atomic mass is 9.80. The van der Waals surface area contributed by atoms with Gasteiger partial charge in [-0.05, 0) is 48.4 Å². The van der Waals surface area contributed by atoms with Gasteiger partial charge in [0, 0.05) is 44.3 Å². The van der Waals surface area contributed by atoms with E-state index >= 15 is 0 Å². The molecule has 29 heavy (non-hydrogen) atoms. The van der Waals surface area contributed by atoms with Crippen molar-refractivity contribution < 1.29 is 4.79 Å². The number of urea groups is 1. The van der Waals surface area contributed by atoms with Crippen molar-refractivity contribution in [3.63, 3.8) is 0 Å². The number of pyridine rings is 1. The summed E-state index contributed by atoms with van der Waals surface area (Å²) in [5.74, 6) is 1.46. The molecule has 2 amide bonds. The van der Waals surface area contributed by atoms with E-state index in [2.05, 4.69) is 39.4 Å². The van der Waals surface area contributed by atoms with Crippen molar-refractivity contribution in [2.24, 2.45) is 5.92 Å². The summed E-state index contributed by atoms with van der Waals surface area (Å²) in [5.41, 5.74) is 15.1. The number of hydrogen-bond donors (Lipinski definition) is 4.